The van der Waals surface area contributed by atoms with Gasteiger partial charge in [-0.25, -0.2) is 4.98 Å². The molecule has 146 valence electrons. The summed E-state index contributed by atoms with van der Waals surface area (Å²) in [4.78, 5) is 30.7. The lowest BCUT2D eigenvalue weighted by Crippen LogP contribution is -2.34. The number of benzene rings is 1. The van der Waals surface area contributed by atoms with Gasteiger partial charge in [-0.3, -0.25) is 14.6 Å². The number of carbonyl (C=O) groups excluding carboxylic acids is 2. The number of hydrogen-bond donors (Lipinski definition) is 1. The molecule has 0 saturated heterocycles. The average molecular weight is 397 g/mol. The fourth-order valence-electron chi connectivity index (χ4n) is 3.68. The van der Waals surface area contributed by atoms with Crippen LogP contribution in [0.3, 0.4) is 0 Å². The summed E-state index contributed by atoms with van der Waals surface area (Å²) < 4.78 is 0. The minimum Gasteiger partial charge on any atom is -0.351 e. The first-order chi connectivity index (χ1) is 13.6. The lowest BCUT2D eigenvalue weighted by Gasteiger charge is -2.20. The molecular weight excluding hydrogens is 372 g/mol. The molecule has 1 aliphatic heterocycles. The zero-order valence-corrected chi connectivity index (χ0v) is 16.8. The number of aryl methyl sites for hydroxylation is 2. The van der Waals surface area contributed by atoms with E-state index in [1.807, 2.05) is 30.3 Å². The summed E-state index contributed by atoms with van der Waals surface area (Å²) in [6, 6.07) is 9.07. The van der Waals surface area contributed by atoms with Crippen molar-refractivity contribution in [2.45, 2.75) is 51.5 Å². The Balaban J connectivity index is 1.37. The van der Waals surface area contributed by atoms with Gasteiger partial charge in [0.15, 0.2) is 5.78 Å². The number of ketones is 1. The maximum atomic E-state index is 12.6. The van der Waals surface area contributed by atoms with E-state index in [0.29, 0.717) is 18.7 Å². The molecule has 1 N–H and O–H groups in total. The molecule has 4 rings (SSSR count). The molecule has 1 aliphatic carbocycles. The lowest BCUT2D eigenvalue weighted by molar-refractivity contribution is -0.118. The van der Waals surface area contributed by atoms with E-state index >= 15 is 0 Å². The fraction of sp³-hybridized carbons (Fsp3) is 0.429. The number of aromatic nitrogens is 1. The van der Waals surface area contributed by atoms with E-state index in [2.05, 4.69) is 10.4 Å². The van der Waals surface area contributed by atoms with Gasteiger partial charge in [0, 0.05) is 24.3 Å². The zero-order valence-electron chi connectivity index (χ0n) is 16.0. The van der Waals surface area contributed by atoms with Gasteiger partial charge >= 0.3 is 0 Å². The molecule has 2 heterocycles. The summed E-state index contributed by atoms with van der Waals surface area (Å²) in [5.74, 6) is -0.199. The van der Waals surface area contributed by atoms with Crippen molar-refractivity contribution >= 4 is 34.4 Å². The molecule has 0 saturated carbocycles. The third-order valence-corrected chi connectivity index (χ3v) is 6.39. The summed E-state index contributed by atoms with van der Waals surface area (Å²) in [6.45, 7) is 2.07. The van der Waals surface area contributed by atoms with Gasteiger partial charge in [0.25, 0.3) is 5.91 Å². The van der Waals surface area contributed by atoms with Crippen LogP contribution in [0.5, 0.6) is 0 Å². The number of rotatable bonds is 6. The second-order valence-corrected chi connectivity index (χ2v) is 8.42. The Morgan fingerprint density at radius 3 is 2.75 bits per heavy atom. The van der Waals surface area contributed by atoms with Crippen LogP contribution in [-0.2, 0) is 28.9 Å². The van der Waals surface area contributed by atoms with E-state index in [1.165, 1.54) is 23.4 Å². The van der Waals surface area contributed by atoms with Gasteiger partial charge in [0.2, 0.25) is 0 Å². The molecule has 0 spiro atoms. The highest BCUT2D eigenvalue weighted by atomic mass is 32.1. The van der Waals surface area contributed by atoms with Crippen molar-refractivity contribution in [3.63, 3.8) is 0 Å². The van der Waals surface area contributed by atoms with Crippen LogP contribution in [0.15, 0.2) is 35.4 Å². The van der Waals surface area contributed by atoms with Gasteiger partial charge < -0.3 is 5.32 Å². The minimum absolute atomic E-state index is 0.00349. The second kappa shape index (κ2) is 8.22. The highest BCUT2D eigenvalue weighted by Gasteiger charge is 2.34. The van der Waals surface area contributed by atoms with E-state index in [4.69, 9.17) is 4.98 Å². The van der Waals surface area contributed by atoms with Gasteiger partial charge in [-0.1, -0.05) is 18.2 Å². The van der Waals surface area contributed by atoms with E-state index in [9.17, 15) is 9.59 Å². The van der Waals surface area contributed by atoms with Crippen LogP contribution in [0.25, 0.3) is 0 Å². The van der Waals surface area contributed by atoms with Crippen molar-refractivity contribution in [3.05, 3.63) is 45.9 Å². The van der Waals surface area contributed by atoms with Crippen LogP contribution in [-0.4, -0.2) is 35.0 Å². The highest BCUT2D eigenvalue weighted by molar-refractivity contribution is 7.11. The van der Waals surface area contributed by atoms with Gasteiger partial charge in [0.1, 0.15) is 11.8 Å². The number of nitrogens with one attached hydrogen (secondary N) is 1. The molecule has 0 bridgehead atoms. The third kappa shape index (κ3) is 3.99. The topological polar surface area (TPSA) is 74.7 Å². The molecule has 0 fully saturated rings. The van der Waals surface area contributed by atoms with Crippen LogP contribution in [0.2, 0.25) is 0 Å². The van der Waals surface area contributed by atoms with Gasteiger partial charge in [-0.15, -0.1) is 11.3 Å². The number of anilines is 1. The molecule has 1 unspecified atom stereocenters. The number of Topliss-reactive ketones (excluding diaryl/α,β-unsaturated/α-hetero) is 1. The van der Waals surface area contributed by atoms with Crippen molar-refractivity contribution in [3.8, 4) is 0 Å². The van der Waals surface area contributed by atoms with Crippen molar-refractivity contribution < 1.29 is 9.59 Å². The quantitative estimate of drug-likeness (QED) is 0.815. The molecule has 2 aromatic rings. The standard InChI is InChI=1S/C21H24N4O2S/c1-14(26)18-13-17(24-25(18)15-7-3-2-4-8-15)21(27)22-12-11-20-23-16-9-5-6-10-19(16)28-20/h2-4,7-8,18H,5-6,9-13H2,1H3,(H,22,27). The molecule has 1 aromatic carbocycles. The Kier molecular flexibility index (Phi) is 5.52. The molecular formula is C21H24N4O2S. The van der Waals surface area contributed by atoms with E-state index < -0.39 is 6.04 Å². The Labute approximate surface area is 168 Å². The van der Waals surface area contributed by atoms with Crippen molar-refractivity contribution in [2.75, 3.05) is 11.6 Å². The number of hydrogen-bond acceptors (Lipinski definition) is 6. The Morgan fingerprint density at radius 1 is 1.21 bits per heavy atom. The van der Waals surface area contributed by atoms with E-state index in [0.717, 1.165) is 30.0 Å². The summed E-state index contributed by atoms with van der Waals surface area (Å²) in [7, 11) is 0. The van der Waals surface area contributed by atoms with Gasteiger partial charge in [0.05, 0.1) is 16.4 Å². The van der Waals surface area contributed by atoms with E-state index in [-0.39, 0.29) is 11.7 Å². The second-order valence-electron chi connectivity index (χ2n) is 7.25. The summed E-state index contributed by atoms with van der Waals surface area (Å²) in [5, 5.41) is 10.1. The molecule has 28 heavy (non-hydrogen) atoms. The van der Waals surface area contributed by atoms with Gasteiger partial charge in [-0.05, 0) is 44.7 Å². The molecule has 1 aromatic heterocycles. The number of hydrazone groups is 1. The predicted octanol–water partition coefficient (Wildman–Crippen LogP) is 2.90. The number of thiazole rings is 1. The molecule has 7 heteroatoms. The van der Waals surface area contributed by atoms with Crippen molar-refractivity contribution in [1.29, 1.82) is 0 Å². The largest absolute Gasteiger partial charge is 0.351 e. The number of para-hydroxylation sites is 1. The molecule has 2 aliphatic rings. The summed E-state index contributed by atoms with van der Waals surface area (Å²) in [5.41, 5.74) is 2.47. The van der Waals surface area contributed by atoms with Crippen LogP contribution >= 0.6 is 11.3 Å². The van der Waals surface area contributed by atoms with E-state index in [1.54, 1.807) is 23.3 Å². The minimum atomic E-state index is -0.422. The average Bonchev–Trinajstić information content (AvgIpc) is 3.33. The molecule has 6 nitrogen and oxygen atoms in total. The number of nitrogens with zero attached hydrogens (tertiary/aromatic N) is 3. The van der Waals surface area contributed by atoms with Crippen molar-refractivity contribution in [1.82, 2.24) is 10.3 Å². The number of amides is 1. The van der Waals surface area contributed by atoms with Crippen LogP contribution in [0.1, 0.15) is 41.8 Å². The first-order valence-corrected chi connectivity index (χ1v) is 10.6. The molecule has 1 atom stereocenters. The highest BCUT2D eigenvalue weighted by Crippen LogP contribution is 2.27. The Hall–Kier alpha value is -2.54. The zero-order chi connectivity index (χ0) is 19.5. The predicted molar refractivity (Wildman–Crippen MR) is 111 cm³/mol. The summed E-state index contributed by atoms with van der Waals surface area (Å²) in [6.07, 6.45) is 5.76. The molecule has 1 amide bonds. The lowest BCUT2D eigenvalue weighted by atomic mass is 10.0. The third-order valence-electron chi connectivity index (χ3n) is 5.18. The number of fused-ring (bicyclic) bond motifs is 1. The van der Waals surface area contributed by atoms with Crippen LogP contribution in [0, 0.1) is 0 Å². The smallest absolute Gasteiger partial charge is 0.267 e. The van der Waals surface area contributed by atoms with Crippen molar-refractivity contribution in [2.24, 2.45) is 5.10 Å². The van der Waals surface area contributed by atoms with Crippen LogP contribution in [0.4, 0.5) is 5.69 Å². The maximum absolute atomic E-state index is 12.6. The fourth-order valence-corrected chi connectivity index (χ4v) is 4.84. The molecule has 0 radical (unpaired) electrons. The van der Waals surface area contributed by atoms with Crippen LogP contribution < -0.4 is 10.3 Å². The first-order valence-electron chi connectivity index (χ1n) is 9.79. The monoisotopic (exact) mass is 396 g/mol. The SMILES string of the molecule is CC(=O)C1CC(C(=O)NCCc2nc3c(s2)CCCC3)=NN1c1ccccc1. The maximum Gasteiger partial charge on any atom is 0.267 e. The Bertz CT molecular complexity index is 883. The summed E-state index contributed by atoms with van der Waals surface area (Å²) >= 11 is 1.78. The normalized spacial score (nSPS) is 18.5. The number of carbonyl (C=O) groups is 2. The Morgan fingerprint density at radius 2 is 2.00 bits per heavy atom. The first kappa shape index (κ1) is 18.8. The van der Waals surface area contributed by atoms with Gasteiger partial charge in [-0.2, -0.15) is 5.10 Å².